The molecule has 3 rings (SSSR count). The molecule has 19 heavy (non-hydrogen) atoms. The Morgan fingerprint density at radius 1 is 1.32 bits per heavy atom. The van der Waals surface area contributed by atoms with Crippen LogP contribution in [0, 0.1) is 6.92 Å². The number of hydrogen-bond donors (Lipinski definition) is 0. The molecule has 0 atom stereocenters. The van der Waals surface area contributed by atoms with Crippen LogP contribution < -0.4 is 0 Å². The molecular formula is C15H12BrNOS. The van der Waals surface area contributed by atoms with Crippen molar-refractivity contribution in [3.8, 4) is 0 Å². The van der Waals surface area contributed by atoms with Gasteiger partial charge >= 0.3 is 0 Å². The van der Waals surface area contributed by atoms with E-state index in [2.05, 4.69) is 15.9 Å². The zero-order valence-electron chi connectivity index (χ0n) is 10.6. The molecule has 0 aliphatic rings. The Hall–Kier alpha value is -1.39. The fourth-order valence-electron chi connectivity index (χ4n) is 2.23. The van der Waals surface area contributed by atoms with E-state index in [1.165, 1.54) is 11.3 Å². The highest BCUT2D eigenvalue weighted by Crippen LogP contribution is 2.31. The van der Waals surface area contributed by atoms with E-state index < -0.39 is 0 Å². The van der Waals surface area contributed by atoms with Gasteiger partial charge in [0, 0.05) is 29.7 Å². The second-order valence-electron chi connectivity index (χ2n) is 4.57. The van der Waals surface area contributed by atoms with Gasteiger partial charge in [-0.25, -0.2) is 0 Å². The van der Waals surface area contributed by atoms with Gasteiger partial charge in [0.1, 0.15) is 0 Å². The lowest BCUT2D eigenvalue weighted by molar-refractivity contribution is 0.104. The summed E-state index contributed by atoms with van der Waals surface area (Å²) in [6.07, 6.45) is 1.91. The molecule has 4 heteroatoms. The Labute approximate surface area is 123 Å². The van der Waals surface area contributed by atoms with Crippen LogP contribution in [0.2, 0.25) is 0 Å². The van der Waals surface area contributed by atoms with Crippen LogP contribution in [0.4, 0.5) is 0 Å². The van der Waals surface area contributed by atoms with E-state index in [1.807, 2.05) is 55.1 Å². The summed E-state index contributed by atoms with van der Waals surface area (Å²) in [6.45, 7) is 2.00. The molecule has 0 saturated heterocycles. The largest absolute Gasteiger partial charge is 0.350 e. The van der Waals surface area contributed by atoms with Crippen LogP contribution in [0.1, 0.15) is 20.8 Å². The molecule has 0 unspecified atom stereocenters. The summed E-state index contributed by atoms with van der Waals surface area (Å²) >= 11 is 4.97. The molecule has 96 valence electrons. The maximum absolute atomic E-state index is 12.6. The first-order chi connectivity index (χ1) is 9.08. The van der Waals surface area contributed by atoms with Crippen LogP contribution in [0.25, 0.3) is 10.9 Å². The van der Waals surface area contributed by atoms with Crippen LogP contribution in [-0.4, -0.2) is 10.4 Å². The van der Waals surface area contributed by atoms with Crippen LogP contribution in [0.15, 0.2) is 40.3 Å². The molecule has 0 radical (unpaired) electrons. The summed E-state index contributed by atoms with van der Waals surface area (Å²) in [4.78, 5) is 13.4. The molecule has 2 heterocycles. The summed E-state index contributed by atoms with van der Waals surface area (Å²) < 4.78 is 3.02. The second kappa shape index (κ2) is 4.62. The Morgan fingerprint density at radius 3 is 2.74 bits per heavy atom. The number of halogens is 1. The first-order valence-electron chi connectivity index (χ1n) is 5.92. The lowest BCUT2D eigenvalue weighted by Gasteiger charge is -1.95. The summed E-state index contributed by atoms with van der Waals surface area (Å²) in [5, 5.41) is 1.01. The van der Waals surface area contributed by atoms with E-state index in [9.17, 15) is 4.79 Å². The average molecular weight is 334 g/mol. The molecule has 0 aliphatic carbocycles. The first-order valence-corrected chi connectivity index (χ1v) is 7.53. The number of thiophene rings is 1. The minimum Gasteiger partial charge on any atom is -0.350 e. The maximum Gasteiger partial charge on any atom is 0.205 e. The summed E-state index contributed by atoms with van der Waals surface area (Å²) in [6, 6.07) is 9.93. The number of nitrogens with zero attached hydrogens (tertiary/aromatic N) is 1. The van der Waals surface area contributed by atoms with E-state index in [1.54, 1.807) is 0 Å². The van der Waals surface area contributed by atoms with Crippen LogP contribution in [-0.2, 0) is 7.05 Å². The van der Waals surface area contributed by atoms with Crippen molar-refractivity contribution in [2.75, 3.05) is 0 Å². The number of hydrogen-bond acceptors (Lipinski definition) is 2. The monoisotopic (exact) mass is 333 g/mol. The SMILES string of the molecule is Cc1cc(C(=O)c2cn(C)c3ccccc23)sc1Br. The zero-order chi connectivity index (χ0) is 13.6. The number of carbonyl (C=O) groups excluding carboxylic acids is 1. The standard InChI is InChI=1S/C15H12BrNOS/c1-9-7-13(19-15(9)16)14(18)11-8-17(2)12-6-4-3-5-10(11)12/h3-8H,1-2H3. The topological polar surface area (TPSA) is 22.0 Å². The minimum absolute atomic E-state index is 0.0931. The molecule has 0 fully saturated rings. The van der Waals surface area contributed by atoms with Crippen molar-refractivity contribution in [2.45, 2.75) is 6.92 Å². The highest BCUT2D eigenvalue weighted by atomic mass is 79.9. The van der Waals surface area contributed by atoms with Gasteiger partial charge in [0.05, 0.1) is 8.66 Å². The molecule has 2 nitrogen and oxygen atoms in total. The molecular weight excluding hydrogens is 322 g/mol. The zero-order valence-corrected chi connectivity index (χ0v) is 13.0. The van der Waals surface area contributed by atoms with E-state index in [0.29, 0.717) is 0 Å². The van der Waals surface area contributed by atoms with Crippen molar-refractivity contribution in [3.05, 3.63) is 56.3 Å². The van der Waals surface area contributed by atoms with E-state index in [0.717, 1.165) is 30.7 Å². The molecule has 0 N–H and O–H groups in total. The lowest BCUT2D eigenvalue weighted by atomic mass is 10.1. The van der Waals surface area contributed by atoms with Crippen molar-refractivity contribution in [1.82, 2.24) is 4.57 Å². The third-order valence-corrected chi connectivity index (χ3v) is 5.36. The van der Waals surface area contributed by atoms with E-state index in [-0.39, 0.29) is 5.78 Å². The van der Waals surface area contributed by atoms with Gasteiger partial charge in [-0.1, -0.05) is 18.2 Å². The lowest BCUT2D eigenvalue weighted by Crippen LogP contribution is -1.97. The van der Waals surface area contributed by atoms with Crippen molar-refractivity contribution < 1.29 is 4.79 Å². The minimum atomic E-state index is 0.0931. The van der Waals surface area contributed by atoms with Crippen molar-refractivity contribution in [3.63, 3.8) is 0 Å². The number of carbonyl (C=O) groups is 1. The molecule has 0 saturated carbocycles. The molecule has 2 aromatic heterocycles. The van der Waals surface area contributed by atoms with Gasteiger partial charge in [-0.05, 0) is 40.5 Å². The van der Waals surface area contributed by atoms with Crippen LogP contribution in [0.3, 0.4) is 0 Å². The smallest absolute Gasteiger partial charge is 0.205 e. The highest BCUT2D eigenvalue weighted by molar-refractivity contribution is 9.11. The average Bonchev–Trinajstić information content (AvgIpc) is 2.91. The van der Waals surface area contributed by atoms with Crippen molar-refractivity contribution in [1.29, 1.82) is 0 Å². The van der Waals surface area contributed by atoms with Crippen LogP contribution in [0.5, 0.6) is 0 Å². The Bertz CT molecular complexity index is 765. The van der Waals surface area contributed by atoms with Crippen molar-refractivity contribution >= 4 is 44.0 Å². The number of aryl methyl sites for hydroxylation is 2. The summed E-state index contributed by atoms with van der Waals surface area (Å²) in [5.41, 5.74) is 2.96. The van der Waals surface area contributed by atoms with Gasteiger partial charge in [-0.3, -0.25) is 4.79 Å². The predicted molar refractivity (Wildman–Crippen MR) is 83.1 cm³/mol. The van der Waals surface area contributed by atoms with Gasteiger partial charge in [0.25, 0.3) is 0 Å². The molecule has 3 aromatic rings. The van der Waals surface area contributed by atoms with Gasteiger partial charge in [-0.2, -0.15) is 0 Å². The number of ketones is 1. The first kappa shape index (κ1) is 12.6. The van der Waals surface area contributed by atoms with E-state index in [4.69, 9.17) is 0 Å². The Morgan fingerprint density at radius 2 is 2.05 bits per heavy atom. The Kier molecular flexibility index (Phi) is 3.07. The third-order valence-electron chi connectivity index (χ3n) is 3.22. The maximum atomic E-state index is 12.6. The predicted octanol–water partition coefficient (Wildman–Crippen LogP) is 4.54. The van der Waals surface area contributed by atoms with Gasteiger partial charge in [-0.15, -0.1) is 11.3 Å². The second-order valence-corrected chi connectivity index (χ2v) is 6.94. The van der Waals surface area contributed by atoms with Gasteiger partial charge in [0.15, 0.2) is 0 Å². The molecule has 0 aliphatic heterocycles. The van der Waals surface area contributed by atoms with Crippen LogP contribution >= 0.6 is 27.3 Å². The summed E-state index contributed by atoms with van der Waals surface area (Å²) in [5.74, 6) is 0.0931. The number of benzene rings is 1. The van der Waals surface area contributed by atoms with Gasteiger partial charge in [0.2, 0.25) is 5.78 Å². The molecule has 0 spiro atoms. The fraction of sp³-hybridized carbons (Fsp3) is 0.133. The molecule has 0 bridgehead atoms. The normalized spacial score (nSPS) is 11.1. The number of para-hydroxylation sites is 1. The third kappa shape index (κ3) is 2.05. The number of aromatic nitrogens is 1. The highest BCUT2D eigenvalue weighted by Gasteiger charge is 2.18. The number of rotatable bonds is 2. The van der Waals surface area contributed by atoms with E-state index >= 15 is 0 Å². The summed E-state index contributed by atoms with van der Waals surface area (Å²) in [7, 11) is 1.97. The fourth-order valence-corrected chi connectivity index (χ4v) is 3.72. The Balaban J connectivity index is 2.17. The van der Waals surface area contributed by atoms with Crippen molar-refractivity contribution in [2.24, 2.45) is 7.05 Å². The number of fused-ring (bicyclic) bond motifs is 1. The molecule has 0 amide bonds. The molecule has 1 aromatic carbocycles. The van der Waals surface area contributed by atoms with Gasteiger partial charge < -0.3 is 4.57 Å². The quantitative estimate of drug-likeness (QED) is 0.631.